The summed E-state index contributed by atoms with van der Waals surface area (Å²) < 4.78 is 5.31. The number of hydrogen-bond acceptors (Lipinski definition) is 4. The molecule has 1 unspecified atom stereocenters. The third-order valence-corrected chi connectivity index (χ3v) is 4.65. The van der Waals surface area contributed by atoms with Gasteiger partial charge in [-0.3, -0.25) is 0 Å². The molecule has 4 nitrogen and oxygen atoms in total. The van der Waals surface area contributed by atoms with Crippen molar-refractivity contribution in [3.63, 3.8) is 0 Å². The Kier molecular flexibility index (Phi) is 5.01. The van der Waals surface area contributed by atoms with Crippen molar-refractivity contribution in [1.82, 2.24) is 10.2 Å². The molecule has 4 heteroatoms. The van der Waals surface area contributed by atoms with Gasteiger partial charge in [0.1, 0.15) is 0 Å². The second-order valence-corrected chi connectivity index (χ2v) is 6.15. The monoisotopic (exact) mass is 256 g/mol. The van der Waals surface area contributed by atoms with Crippen molar-refractivity contribution in [2.75, 3.05) is 39.9 Å². The van der Waals surface area contributed by atoms with Gasteiger partial charge >= 0.3 is 0 Å². The minimum atomic E-state index is -0.544. The molecule has 18 heavy (non-hydrogen) atoms. The van der Waals surface area contributed by atoms with Crippen LogP contribution in [0.25, 0.3) is 0 Å². The molecular weight excluding hydrogens is 228 g/mol. The maximum atomic E-state index is 10.4. The molecule has 0 aromatic heterocycles. The van der Waals surface area contributed by atoms with Crippen molar-refractivity contribution in [2.24, 2.45) is 5.92 Å². The van der Waals surface area contributed by atoms with Crippen LogP contribution in [0.3, 0.4) is 0 Å². The lowest BCUT2D eigenvalue weighted by atomic mass is 9.89. The van der Waals surface area contributed by atoms with Crippen LogP contribution in [-0.4, -0.2) is 61.5 Å². The molecular formula is C14H28N2O2. The van der Waals surface area contributed by atoms with Gasteiger partial charge in [0.2, 0.25) is 0 Å². The summed E-state index contributed by atoms with van der Waals surface area (Å²) in [6.07, 6.45) is 4.07. The molecule has 0 aromatic rings. The van der Waals surface area contributed by atoms with Crippen molar-refractivity contribution in [1.29, 1.82) is 0 Å². The van der Waals surface area contributed by atoms with E-state index in [9.17, 15) is 5.11 Å². The third-order valence-electron chi connectivity index (χ3n) is 4.65. The van der Waals surface area contributed by atoms with Gasteiger partial charge in [-0.2, -0.15) is 0 Å². The van der Waals surface area contributed by atoms with Gasteiger partial charge in [-0.15, -0.1) is 0 Å². The first-order chi connectivity index (χ1) is 8.59. The first-order valence-electron chi connectivity index (χ1n) is 7.31. The molecule has 0 amide bonds. The lowest BCUT2D eigenvalue weighted by molar-refractivity contribution is -0.0635. The quantitative estimate of drug-likeness (QED) is 0.783. The van der Waals surface area contributed by atoms with E-state index < -0.39 is 5.60 Å². The van der Waals surface area contributed by atoms with Gasteiger partial charge < -0.3 is 20.1 Å². The highest BCUT2D eigenvalue weighted by molar-refractivity contribution is 4.86. The van der Waals surface area contributed by atoms with Crippen molar-refractivity contribution < 1.29 is 9.84 Å². The van der Waals surface area contributed by atoms with Crippen LogP contribution in [-0.2, 0) is 4.74 Å². The van der Waals surface area contributed by atoms with E-state index in [1.165, 1.54) is 25.9 Å². The fraction of sp³-hybridized carbons (Fsp3) is 1.00. The molecule has 0 radical (unpaired) electrons. The standard InChI is InChI=1S/C14H28N2O2/c1-12(13-3-7-16(2)8-4-13)15-11-14(17)5-9-18-10-6-14/h12-13,15,17H,3-11H2,1-2H3. The van der Waals surface area contributed by atoms with E-state index in [2.05, 4.69) is 24.2 Å². The van der Waals surface area contributed by atoms with Gasteiger partial charge in [-0.05, 0) is 45.8 Å². The van der Waals surface area contributed by atoms with E-state index in [-0.39, 0.29) is 0 Å². The number of ether oxygens (including phenoxy) is 1. The Hall–Kier alpha value is -0.160. The lowest BCUT2D eigenvalue weighted by Crippen LogP contribution is -2.49. The fourth-order valence-corrected chi connectivity index (χ4v) is 2.97. The Morgan fingerprint density at radius 1 is 1.33 bits per heavy atom. The molecule has 2 aliphatic heterocycles. The van der Waals surface area contributed by atoms with E-state index in [0.29, 0.717) is 25.8 Å². The molecule has 0 saturated carbocycles. The van der Waals surface area contributed by atoms with E-state index in [0.717, 1.165) is 18.8 Å². The molecule has 2 heterocycles. The van der Waals surface area contributed by atoms with Crippen LogP contribution in [0.2, 0.25) is 0 Å². The average molecular weight is 256 g/mol. The number of likely N-dealkylation sites (tertiary alicyclic amines) is 1. The Balaban J connectivity index is 1.72. The van der Waals surface area contributed by atoms with E-state index in [1.54, 1.807) is 0 Å². The number of rotatable bonds is 4. The zero-order chi connectivity index (χ0) is 13.0. The number of piperidine rings is 1. The number of aliphatic hydroxyl groups is 1. The molecule has 1 atom stereocenters. The van der Waals surface area contributed by atoms with Crippen LogP contribution in [0.1, 0.15) is 32.6 Å². The molecule has 0 aromatic carbocycles. The summed E-state index contributed by atoms with van der Waals surface area (Å²) in [7, 11) is 2.19. The first-order valence-corrected chi connectivity index (χ1v) is 7.31. The molecule has 0 aliphatic carbocycles. The summed E-state index contributed by atoms with van der Waals surface area (Å²) >= 11 is 0. The fourth-order valence-electron chi connectivity index (χ4n) is 2.97. The normalized spacial score (nSPS) is 28.2. The average Bonchev–Trinajstić information content (AvgIpc) is 2.38. The number of hydrogen-bond donors (Lipinski definition) is 2. The lowest BCUT2D eigenvalue weighted by Gasteiger charge is -2.37. The SMILES string of the molecule is CC(NCC1(O)CCOCC1)C1CCN(C)CC1. The van der Waals surface area contributed by atoms with Crippen LogP contribution in [0, 0.1) is 5.92 Å². The molecule has 2 saturated heterocycles. The van der Waals surface area contributed by atoms with Gasteiger partial charge in [-0.1, -0.05) is 0 Å². The maximum Gasteiger partial charge on any atom is 0.0815 e. The molecule has 0 bridgehead atoms. The summed E-state index contributed by atoms with van der Waals surface area (Å²) in [6.45, 7) is 6.77. The van der Waals surface area contributed by atoms with E-state index >= 15 is 0 Å². The Labute approximate surface area is 111 Å². The van der Waals surface area contributed by atoms with Crippen LogP contribution < -0.4 is 5.32 Å². The maximum absolute atomic E-state index is 10.4. The van der Waals surface area contributed by atoms with Gasteiger partial charge in [0.05, 0.1) is 5.60 Å². The second-order valence-electron chi connectivity index (χ2n) is 6.15. The molecule has 106 valence electrons. The summed E-state index contributed by atoms with van der Waals surface area (Å²) in [6, 6.07) is 0.505. The molecule has 0 spiro atoms. The summed E-state index contributed by atoms with van der Waals surface area (Å²) in [4.78, 5) is 2.40. The van der Waals surface area contributed by atoms with Gasteiger partial charge in [0.25, 0.3) is 0 Å². The van der Waals surface area contributed by atoms with Crippen LogP contribution >= 0.6 is 0 Å². The van der Waals surface area contributed by atoms with Crippen LogP contribution in [0.15, 0.2) is 0 Å². The van der Waals surface area contributed by atoms with Crippen LogP contribution in [0.5, 0.6) is 0 Å². The van der Waals surface area contributed by atoms with Gasteiger partial charge in [-0.25, -0.2) is 0 Å². The smallest absolute Gasteiger partial charge is 0.0815 e. The van der Waals surface area contributed by atoms with Crippen molar-refractivity contribution in [3.8, 4) is 0 Å². The topological polar surface area (TPSA) is 44.7 Å². The summed E-state index contributed by atoms with van der Waals surface area (Å²) in [5.41, 5.74) is -0.544. The van der Waals surface area contributed by atoms with Gasteiger partial charge in [0, 0.05) is 38.6 Å². The zero-order valence-electron chi connectivity index (χ0n) is 11.8. The van der Waals surface area contributed by atoms with Crippen LogP contribution in [0.4, 0.5) is 0 Å². The largest absolute Gasteiger partial charge is 0.388 e. The highest BCUT2D eigenvalue weighted by Crippen LogP contribution is 2.22. The predicted octanol–water partition coefficient (Wildman–Crippen LogP) is 0.848. The zero-order valence-corrected chi connectivity index (χ0v) is 11.8. The number of nitrogens with zero attached hydrogens (tertiary/aromatic N) is 1. The highest BCUT2D eigenvalue weighted by Gasteiger charge is 2.31. The van der Waals surface area contributed by atoms with Crippen molar-refractivity contribution >= 4 is 0 Å². The minimum Gasteiger partial charge on any atom is -0.388 e. The minimum absolute atomic E-state index is 0.505. The Morgan fingerprint density at radius 2 is 1.94 bits per heavy atom. The molecule has 2 fully saturated rings. The predicted molar refractivity (Wildman–Crippen MR) is 72.7 cm³/mol. The highest BCUT2D eigenvalue weighted by atomic mass is 16.5. The Bertz CT molecular complexity index is 246. The van der Waals surface area contributed by atoms with E-state index in [1.807, 2.05) is 0 Å². The van der Waals surface area contributed by atoms with Gasteiger partial charge in [0.15, 0.2) is 0 Å². The third kappa shape index (κ3) is 3.92. The summed E-state index contributed by atoms with van der Waals surface area (Å²) in [5.74, 6) is 0.754. The molecule has 2 aliphatic rings. The van der Waals surface area contributed by atoms with E-state index in [4.69, 9.17) is 4.74 Å². The molecule has 2 rings (SSSR count). The first kappa shape index (κ1) is 14.3. The van der Waals surface area contributed by atoms with Crippen molar-refractivity contribution in [2.45, 2.75) is 44.2 Å². The summed E-state index contributed by atoms with van der Waals surface area (Å²) in [5, 5.41) is 14.0. The molecule has 2 N–H and O–H groups in total. The number of nitrogens with one attached hydrogen (secondary N) is 1. The van der Waals surface area contributed by atoms with Crippen molar-refractivity contribution in [3.05, 3.63) is 0 Å². The second kappa shape index (κ2) is 6.33. The Morgan fingerprint density at radius 3 is 2.56 bits per heavy atom.